The minimum atomic E-state index is -2.65. The van der Waals surface area contributed by atoms with E-state index >= 15 is 0 Å². The molecular formula is C26H25N6O7P. The highest BCUT2D eigenvalue weighted by Gasteiger charge is 2.39. The number of fused-ring (bicyclic) bond motifs is 3. The number of carbonyl (C=O) groups is 1. The lowest BCUT2D eigenvalue weighted by Gasteiger charge is -2.24. The molecule has 6 N–H and O–H groups in total. The number of carbonyl (C=O) groups excluding carboxylic acids is 1. The van der Waals surface area contributed by atoms with Gasteiger partial charge < -0.3 is 29.9 Å². The second-order valence-corrected chi connectivity index (χ2v) is 10.2. The highest BCUT2D eigenvalue weighted by atomic mass is 31.2. The number of hydrogen-bond acceptors (Lipinski definition) is 10. The van der Waals surface area contributed by atoms with Gasteiger partial charge in [-0.25, -0.2) is 4.98 Å². The maximum absolute atomic E-state index is 13.2. The molecule has 206 valence electrons. The standard InChI is InChI=1S/C26H25N6O7P/c1-13(33)31(18-7-6-16-8-14-4-2-3-5-15(14)9-17(16)10-18)26-28-22-23(29-25(27)30-24(22)35)32(26)21-11-19(34)20(39-21)12-38-40(36)37/h2-10,19-21,34,36-37H,11-12H2,1H3,(H3,27,29,30,35)/t19-,20+,21+/m0/s1. The van der Waals surface area contributed by atoms with Crippen molar-refractivity contribution in [2.75, 3.05) is 17.2 Å². The van der Waals surface area contributed by atoms with Gasteiger partial charge in [0.2, 0.25) is 17.8 Å². The number of ether oxygens (including phenoxy) is 1. The van der Waals surface area contributed by atoms with Crippen LogP contribution >= 0.6 is 8.60 Å². The van der Waals surface area contributed by atoms with Crippen LogP contribution in [-0.4, -0.2) is 59.1 Å². The number of benzene rings is 3. The summed E-state index contributed by atoms with van der Waals surface area (Å²) in [5, 5.41) is 14.6. The van der Waals surface area contributed by atoms with Crippen molar-refractivity contribution >= 4 is 64.8 Å². The van der Waals surface area contributed by atoms with E-state index in [1.807, 2.05) is 42.5 Å². The summed E-state index contributed by atoms with van der Waals surface area (Å²) in [5.41, 5.74) is 5.70. The Morgan fingerprint density at radius 2 is 1.85 bits per heavy atom. The minimum absolute atomic E-state index is 0.0190. The van der Waals surface area contributed by atoms with Crippen molar-refractivity contribution in [1.29, 1.82) is 0 Å². The van der Waals surface area contributed by atoms with Crippen LogP contribution in [0.5, 0.6) is 0 Å². The van der Waals surface area contributed by atoms with Crippen LogP contribution in [-0.2, 0) is 14.1 Å². The average molecular weight is 564 g/mol. The van der Waals surface area contributed by atoms with Gasteiger partial charge in [-0.3, -0.25) is 24.0 Å². The van der Waals surface area contributed by atoms with Crippen LogP contribution in [0.15, 0.2) is 59.4 Å². The molecule has 0 bridgehead atoms. The first kappa shape index (κ1) is 26.3. The Labute approximate surface area is 227 Å². The number of imidazole rings is 1. The van der Waals surface area contributed by atoms with Gasteiger partial charge in [0.1, 0.15) is 12.3 Å². The Balaban J connectivity index is 1.50. The third-order valence-electron chi connectivity index (χ3n) is 6.86. The summed E-state index contributed by atoms with van der Waals surface area (Å²) in [6.07, 6.45) is -2.89. The second kappa shape index (κ2) is 10.2. The maximum Gasteiger partial charge on any atom is 0.327 e. The Hall–Kier alpha value is -3.97. The first-order chi connectivity index (χ1) is 19.2. The summed E-state index contributed by atoms with van der Waals surface area (Å²) in [6, 6.07) is 17.6. The normalized spacial score (nSPS) is 19.3. The van der Waals surface area contributed by atoms with Gasteiger partial charge in [0.25, 0.3) is 5.56 Å². The molecule has 1 saturated heterocycles. The van der Waals surface area contributed by atoms with Gasteiger partial charge >= 0.3 is 8.60 Å². The van der Waals surface area contributed by atoms with Gasteiger partial charge in [-0.15, -0.1) is 0 Å². The SMILES string of the molecule is CC(=O)N(c1ccc2cc3ccccc3cc2c1)c1nc2c(=O)[nH]c(N)nc2n1[C@H]1C[C@H](O)[C@@H](COP(O)O)O1. The van der Waals surface area contributed by atoms with Gasteiger partial charge in [0.15, 0.2) is 11.2 Å². The molecule has 14 heteroatoms. The number of nitrogens with two attached hydrogens (primary N) is 1. The number of aromatic amines is 1. The molecule has 0 saturated carbocycles. The molecule has 3 atom stereocenters. The van der Waals surface area contributed by atoms with E-state index in [1.54, 1.807) is 6.07 Å². The topological polar surface area (TPSA) is 189 Å². The van der Waals surface area contributed by atoms with E-state index in [1.165, 1.54) is 16.4 Å². The zero-order chi connectivity index (χ0) is 28.1. The maximum atomic E-state index is 13.2. The fourth-order valence-electron chi connectivity index (χ4n) is 5.08. The largest absolute Gasteiger partial charge is 0.390 e. The summed E-state index contributed by atoms with van der Waals surface area (Å²) in [7, 11) is -2.65. The molecule has 1 fully saturated rings. The number of nitrogens with zero attached hydrogens (tertiary/aromatic N) is 4. The number of H-pyrrole nitrogens is 1. The van der Waals surface area contributed by atoms with Crippen molar-refractivity contribution in [3.8, 4) is 0 Å². The van der Waals surface area contributed by atoms with E-state index in [4.69, 9.17) is 24.8 Å². The lowest BCUT2D eigenvalue weighted by atomic mass is 10.0. The molecule has 0 radical (unpaired) electrons. The predicted molar refractivity (Wildman–Crippen MR) is 149 cm³/mol. The fourth-order valence-corrected chi connectivity index (χ4v) is 5.36. The summed E-state index contributed by atoms with van der Waals surface area (Å²) < 4.78 is 12.3. The lowest BCUT2D eigenvalue weighted by Crippen LogP contribution is -2.28. The molecule has 1 amide bonds. The van der Waals surface area contributed by atoms with E-state index in [-0.39, 0.29) is 36.1 Å². The van der Waals surface area contributed by atoms with Crippen LogP contribution in [0.2, 0.25) is 0 Å². The summed E-state index contributed by atoms with van der Waals surface area (Å²) in [4.78, 5) is 56.7. The number of aromatic nitrogens is 4. The highest BCUT2D eigenvalue weighted by Crippen LogP contribution is 2.39. The molecule has 2 aromatic heterocycles. The molecule has 13 nitrogen and oxygen atoms in total. The average Bonchev–Trinajstić information content (AvgIpc) is 3.46. The molecule has 0 aliphatic carbocycles. The molecular weight excluding hydrogens is 539 g/mol. The zero-order valence-corrected chi connectivity index (χ0v) is 22.0. The number of rotatable bonds is 6. The van der Waals surface area contributed by atoms with Crippen LogP contribution in [0.1, 0.15) is 19.6 Å². The molecule has 6 rings (SSSR count). The Morgan fingerprint density at radius 1 is 1.15 bits per heavy atom. The van der Waals surface area contributed by atoms with E-state index in [0.717, 1.165) is 21.5 Å². The van der Waals surface area contributed by atoms with Crippen LogP contribution in [0.3, 0.4) is 0 Å². The van der Waals surface area contributed by atoms with E-state index < -0.39 is 38.5 Å². The van der Waals surface area contributed by atoms with Crippen molar-refractivity contribution in [3.63, 3.8) is 0 Å². The molecule has 0 unspecified atom stereocenters. The van der Waals surface area contributed by atoms with Crippen LogP contribution in [0, 0.1) is 0 Å². The highest BCUT2D eigenvalue weighted by molar-refractivity contribution is 7.39. The van der Waals surface area contributed by atoms with Crippen LogP contribution < -0.4 is 16.2 Å². The first-order valence-corrected chi connectivity index (χ1v) is 13.5. The third kappa shape index (κ3) is 4.68. The third-order valence-corrected chi connectivity index (χ3v) is 7.24. The Kier molecular flexibility index (Phi) is 6.70. The van der Waals surface area contributed by atoms with E-state index in [2.05, 4.69) is 21.0 Å². The number of anilines is 3. The zero-order valence-electron chi connectivity index (χ0n) is 21.1. The molecule has 3 aromatic carbocycles. The quantitative estimate of drug-likeness (QED) is 0.151. The molecule has 3 heterocycles. The first-order valence-electron chi connectivity index (χ1n) is 12.3. The molecule has 40 heavy (non-hydrogen) atoms. The molecule has 5 aromatic rings. The number of hydrogen-bond donors (Lipinski definition) is 5. The van der Waals surface area contributed by atoms with Crippen molar-refractivity contribution < 1.29 is 28.9 Å². The van der Waals surface area contributed by atoms with Gasteiger partial charge in [0, 0.05) is 13.3 Å². The summed E-state index contributed by atoms with van der Waals surface area (Å²) in [5.74, 6) is -0.524. The predicted octanol–water partition coefficient (Wildman–Crippen LogP) is 2.57. The van der Waals surface area contributed by atoms with E-state index in [9.17, 15) is 14.7 Å². The molecule has 1 aliphatic rings. The van der Waals surface area contributed by atoms with Crippen molar-refractivity contribution in [3.05, 3.63) is 65.0 Å². The molecule has 1 aliphatic heterocycles. The number of aliphatic hydroxyl groups is 1. The Morgan fingerprint density at radius 3 is 2.55 bits per heavy atom. The van der Waals surface area contributed by atoms with Crippen molar-refractivity contribution in [2.24, 2.45) is 0 Å². The van der Waals surface area contributed by atoms with Crippen LogP contribution in [0.25, 0.3) is 32.7 Å². The summed E-state index contributed by atoms with van der Waals surface area (Å²) in [6.45, 7) is 1.08. The monoisotopic (exact) mass is 564 g/mol. The Bertz CT molecular complexity index is 1820. The van der Waals surface area contributed by atoms with Crippen molar-refractivity contribution in [1.82, 2.24) is 19.5 Å². The van der Waals surface area contributed by atoms with Gasteiger partial charge in [-0.2, -0.15) is 4.98 Å². The van der Waals surface area contributed by atoms with Crippen molar-refractivity contribution in [2.45, 2.75) is 31.8 Å². The van der Waals surface area contributed by atoms with E-state index in [0.29, 0.717) is 5.69 Å². The summed E-state index contributed by atoms with van der Waals surface area (Å²) >= 11 is 0. The number of aliphatic hydroxyl groups excluding tert-OH is 1. The second-order valence-electron chi connectivity index (χ2n) is 9.47. The van der Waals surface area contributed by atoms with Gasteiger partial charge in [-0.05, 0) is 45.8 Å². The fraction of sp³-hybridized carbons (Fsp3) is 0.231. The number of nitrogen functional groups attached to an aromatic ring is 1. The molecule has 0 spiro atoms. The van der Waals surface area contributed by atoms with Crippen LogP contribution in [0.4, 0.5) is 17.6 Å². The van der Waals surface area contributed by atoms with Gasteiger partial charge in [0.05, 0.1) is 18.4 Å². The number of nitrogens with one attached hydrogen (secondary N) is 1. The van der Waals surface area contributed by atoms with Gasteiger partial charge in [-0.1, -0.05) is 30.3 Å². The number of amides is 1. The minimum Gasteiger partial charge on any atom is -0.390 e. The lowest BCUT2D eigenvalue weighted by molar-refractivity contribution is -0.116. The smallest absolute Gasteiger partial charge is 0.327 e.